The summed E-state index contributed by atoms with van der Waals surface area (Å²) in [6.07, 6.45) is 0. The smallest absolute Gasteiger partial charge is 0.339 e. The van der Waals surface area contributed by atoms with E-state index in [0.717, 1.165) is 12.1 Å². The number of hydrogen-bond acceptors (Lipinski definition) is 7. The number of nitrogens with one attached hydrogen (secondary N) is 1. The number of nitro benzene ring substituents is 2. The maximum absolute atomic E-state index is 12.0. The Bertz CT molecular complexity index is 913. The lowest BCUT2D eigenvalue weighted by molar-refractivity contribution is -0.394. The normalized spacial score (nSPS) is 10.1. The molecule has 0 saturated heterocycles. The summed E-state index contributed by atoms with van der Waals surface area (Å²) in [5.41, 5.74) is -0.538. The van der Waals surface area contributed by atoms with Crippen molar-refractivity contribution in [1.82, 2.24) is 0 Å². The Labute approximate surface area is 157 Å². The maximum Gasteiger partial charge on any atom is 0.339 e. The number of halogens is 1. The highest BCUT2D eigenvalue weighted by atomic mass is 35.5. The number of rotatable bonds is 6. The van der Waals surface area contributed by atoms with E-state index in [1.807, 2.05) is 0 Å². The van der Waals surface area contributed by atoms with E-state index in [0.29, 0.717) is 22.3 Å². The molecular weight excluding hydrogens is 382 g/mol. The lowest BCUT2D eigenvalue weighted by Gasteiger charge is -2.09. The van der Waals surface area contributed by atoms with Crippen molar-refractivity contribution in [3.63, 3.8) is 0 Å². The molecular formula is C16H12ClN3O7. The van der Waals surface area contributed by atoms with Gasteiger partial charge in [0.25, 0.3) is 17.3 Å². The van der Waals surface area contributed by atoms with Crippen LogP contribution in [0.25, 0.3) is 0 Å². The molecule has 0 saturated carbocycles. The molecule has 1 amide bonds. The van der Waals surface area contributed by atoms with Gasteiger partial charge in [0.15, 0.2) is 6.61 Å². The number of carbonyl (C=O) groups is 2. The van der Waals surface area contributed by atoms with Gasteiger partial charge in [-0.2, -0.15) is 0 Å². The Balaban J connectivity index is 2.07. The van der Waals surface area contributed by atoms with Crippen LogP contribution in [0.5, 0.6) is 0 Å². The van der Waals surface area contributed by atoms with E-state index in [1.54, 1.807) is 25.1 Å². The highest BCUT2D eigenvalue weighted by Gasteiger charge is 2.21. The third-order valence-corrected chi connectivity index (χ3v) is 3.59. The molecule has 1 N–H and O–H groups in total. The van der Waals surface area contributed by atoms with Gasteiger partial charge in [0, 0.05) is 22.8 Å². The average Bonchev–Trinajstić information content (AvgIpc) is 2.61. The van der Waals surface area contributed by atoms with E-state index in [9.17, 15) is 29.8 Å². The van der Waals surface area contributed by atoms with Crippen LogP contribution in [-0.2, 0) is 9.53 Å². The fraction of sp³-hybridized carbons (Fsp3) is 0.125. The third kappa shape index (κ3) is 5.22. The van der Waals surface area contributed by atoms with Crippen LogP contribution in [0.15, 0.2) is 36.4 Å². The number of nitrogens with zero attached hydrogens (tertiary/aromatic N) is 2. The Morgan fingerprint density at radius 2 is 1.67 bits per heavy atom. The summed E-state index contributed by atoms with van der Waals surface area (Å²) in [4.78, 5) is 43.8. The maximum atomic E-state index is 12.0. The van der Waals surface area contributed by atoms with Crippen molar-refractivity contribution in [3.8, 4) is 0 Å². The largest absolute Gasteiger partial charge is 0.452 e. The SMILES string of the molecule is Cc1cc(Cl)ccc1NC(=O)COC(=O)c1cc([N+](=O)[O-])cc([N+](=O)[O-])c1. The molecule has 2 aromatic rings. The number of aryl methyl sites for hydroxylation is 1. The molecule has 0 aliphatic carbocycles. The Kier molecular flexibility index (Phi) is 6.03. The number of hydrogen-bond donors (Lipinski definition) is 1. The van der Waals surface area contributed by atoms with Gasteiger partial charge in [-0.15, -0.1) is 0 Å². The number of amides is 1. The van der Waals surface area contributed by atoms with Crippen LogP contribution in [0.1, 0.15) is 15.9 Å². The summed E-state index contributed by atoms with van der Waals surface area (Å²) in [5, 5.41) is 24.7. The van der Waals surface area contributed by atoms with Gasteiger partial charge in [0.2, 0.25) is 0 Å². The average molecular weight is 394 g/mol. The van der Waals surface area contributed by atoms with Crippen molar-refractivity contribution in [1.29, 1.82) is 0 Å². The van der Waals surface area contributed by atoms with Gasteiger partial charge in [0.05, 0.1) is 21.5 Å². The van der Waals surface area contributed by atoms with Crippen LogP contribution in [0, 0.1) is 27.2 Å². The van der Waals surface area contributed by atoms with Crippen LogP contribution < -0.4 is 5.32 Å². The van der Waals surface area contributed by atoms with Crippen LogP contribution in [-0.4, -0.2) is 28.3 Å². The van der Waals surface area contributed by atoms with E-state index in [2.05, 4.69) is 5.32 Å². The number of non-ortho nitro benzene ring substituents is 2. The summed E-state index contributed by atoms with van der Waals surface area (Å²) < 4.78 is 4.77. The van der Waals surface area contributed by atoms with Crippen LogP contribution in [0.3, 0.4) is 0 Å². The second-order valence-electron chi connectivity index (χ2n) is 5.34. The van der Waals surface area contributed by atoms with E-state index < -0.39 is 45.3 Å². The minimum atomic E-state index is -1.11. The molecule has 0 atom stereocenters. The minimum absolute atomic E-state index is 0.411. The molecule has 0 unspecified atom stereocenters. The van der Waals surface area contributed by atoms with Crippen LogP contribution in [0.4, 0.5) is 17.1 Å². The van der Waals surface area contributed by atoms with Gasteiger partial charge in [-0.3, -0.25) is 25.0 Å². The van der Waals surface area contributed by atoms with Crippen LogP contribution >= 0.6 is 11.6 Å². The lowest BCUT2D eigenvalue weighted by atomic mass is 10.2. The van der Waals surface area contributed by atoms with Gasteiger partial charge in [-0.25, -0.2) is 4.79 Å². The Hall–Kier alpha value is -3.53. The predicted octanol–water partition coefficient (Wildman–Crippen LogP) is 3.26. The first-order valence-electron chi connectivity index (χ1n) is 7.34. The summed E-state index contributed by atoms with van der Waals surface area (Å²) in [5.74, 6) is -1.77. The quantitative estimate of drug-likeness (QED) is 0.450. The molecule has 2 aromatic carbocycles. The van der Waals surface area contributed by atoms with Crippen molar-refractivity contribution in [2.24, 2.45) is 0 Å². The first-order chi connectivity index (χ1) is 12.7. The zero-order chi connectivity index (χ0) is 20.1. The molecule has 0 bridgehead atoms. The molecule has 0 fully saturated rings. The standard InChI is InChI=1S/C16H12ClN3O7/c1-9-4-11(17)2-3-14(9)18-15(21)8-27-16(22)10-5-12(19(23)24)7-13(6-10)20(25)26/h2-7H,8H2,1H3,(H,18,21). The number of ether oxygens (including phenoxy) is 1. The van der Waals surface area contributed by atoms with Crippen molar-refractivity contribution in [2.75, 3.05) is 11.9 Å². The van der Waals surface area contributed by atoms with Gasteiger partial charge >= 0.3 is 5.97 Å². The third-order valence-electron chi connectivity index (χ3n) is 3.36. The summed E-state index contributed by atoms with van der Waals surface area (Å²) in [6, 6.07) is 7.14. The fourth-order valence-corrected chi connectivity index (χ4v) is 2.32. The zero-order valence-corrected chi connectivity index (χ0v) is 14.6. The van der Waals surface area contributed by atoms with E-state index >= 15 is 0 Å². The molecule has 0 radical (unpaired) electrons. The molecule has 0 heterocycles. The molecule has 140 valence electrons. The second kappa shape index (κ2) is 8.23. The molecule has 2 rings (SSSR count). The number of anilines is 1. The number of benzene rings is 2. The topological polar surface area (TPSA) is 142 Å². The highest BCUT2D eigenvalue weighted by Crippen LogP contribution is 2.23. The molecule has 10 nitrogen and oxygen atoms in total. The molecule has 11 heteroatoms. The summed E-state index contributed by atoms with van der Waals surface area (Å²) >= 11 is 5.82. The molecule has 27 heavy (non-hydrogen) atoms. The Morgan fingerprint density at radius 1 is 1.07 bits per heavy atom. The number of carbonyl (C=O) groups excluding carboxylic acids is 2. The highest BCUT2D eigenvalue weighted by molar-refractivity contribution is 6.30. The summed E-state index contributed by atoms with van der Waals surface area (Å²) in [6.45, 7) is 1.03. The zero-order valence-electron chi connectivity index (χ0n) is 13.8. The molecule has 0 spiro atoms. The molecule has 0 aliphatic rings. The van der Waals surface area contributed by atoms with E-state index in [1.165, 1.54) is 0 Å². The molecule has 0 aromatic heterocycles. The van der Waals surface area contributed by atoms with Crippen molar-refractivity contribution in [2.45, 2.75) is 6.92 Å². The Morgan fingerprint density at radius 3 is 2.19 bits per heavy atom. The van der Waals surface area contributed by atoms with E-state index in [-0.39, 0.29) is 0 Å². The van der Waals surface area contributed by atoms with Gasteiger partial charge in [-0.05, 0) is 30.7 Å². The van der Waals surface area contributed by atoms with Crippen molar-refractivity contribution >= 4 is 40.5 Å². The predicted molar refractivity (Wildman–Crippen MR) is 94.9 cm³/mol. The van der Waals surface area contributed by atoms with Gasteiger partial charge < -0.3 is 10.1 Å². The minimum Gasteiger partial charge on any atom is -0.452 e. The van der Waals surface area contributed by atoms with E-state index in [4.69, 9.17) is 16.3 Å². The summed E-state index contributed by atoms with van der Waals surface area (Å²) in [7, 11) is 0. The first-order valence-corrected chi connectivity index (χ1v) is 7.72. The first kappa shape index (κ1) is 19.8. The second-order valence-corrected chi connectivity index (χ2v) is 5.77. The number of esters is 1. The van der Waals surface area contributed by atoms with Crippen molar-refractivity contribution < 1.29 is 24.2 Å². The lowest BCUT2D eigenvalue weighted by Crippen LogP contribution is -2.21. The number of nitro groups is 2. The molecule has 0 aliphatic heterocycles. The van der Waals surface area contributed by atoms with Gasteiger partial charge in [-0.1, -0.05) is 11.6 Å². The fourth-order valence-electron chi connectivity index (χ4n) is 2.09. The van der Waals surface area contributed by atoms with Gasteiger partial charge in [0.1, 0.15) is 0 Å². The van der Waals surface area contributed by atoms with Crippen LogP contribution in [0.2, 0.25) is 5.02 Å². The van der Waals surface area contributed by atoms with Crippen molar-refractivity contribution in [3.05, 3.63) is 72.8 Å². The monoisotopic (exact) mass is 393 g/mol.